The molecule has 2 aliphatic rings. The molecule has 1 aromatic carbocycles. The average Bonchev–Trinajstić information content (AvgIpc) is 2.99. The van der Waals surface area contributed by atoms with Crippen molar-refractivity contribution in [1.29, 1.82) is 0 Å². The monoisotopic (exact) mass is 414 g/mol. The third-order valence-corrected chi connectivity index (χ3v) is 6.57. The Morgan fingerprint density at radius 3 is 2.82 bits per heavy atom. The lowest BCUT2D eigenvalue weighted by Gasteiger charge is -2.35. The Morgan fingerprint density at radius 2 is 2.07 bits per heavy atom. The molecular formula is C22H26N2O2S2. The molecule has 2 heterocycles. The van der Waals surface area contributed by atoms with Crippen LogP contribution >= 0.6 is 24.0 Å². The molecule has 0 saturated carbocycles. The van der Waals surface area contributed by atoms with Gasteiger partial charge in [0.15, 0.2) is 0 Å². The number of amides is 2. The fraction of sp³-hybridized carbons (Fsp3) is 0.409. The number of likely N-dealkylation sites (tertiary alicyclic amines) is 1. The summed E-state index contributed by atoms with van der Waals surface area (Å²) < 4.78 is 0.530. The zero-order valence-electron chi connectivity index (χ0n) is 16.2. The van der Waals surface area contributed by atoms with E-state index in [-0.39, 0.29) is 11.8 Å². The first-order valence-corrected chi connectivity index (χ1v) is 11.1. The summed E-state index contributed by atoms with van der Waals surface area (Å²) in [6.07, 6.45) is 10.3. The van der Waals surface area contributed by atoms with Gasteiger partial charge in [0.2, 0.25) is 5.91 Å². The van der Waals surface area contributed by atoms with E-state index in [0.717, 1.165) is 31.4 Å². The van der Waals surface area contributed by atoms with E-state index in [1.54, 1.807) is 11.0 Å². The predicted molar refractivity (Wildman–Crippen MR) is 120 cm³/mol. The number of hydrogen-bond donors (Lipinski definition) is 0. The van der Waals surface area contributed by atoms with Gasteiger partial charge in [-0.1, -0.05) is 73.4 Å². The van der Waals surface area contributed by atoms with Gasteiger partial charge < -0.3 is 4.90 Å². The lowest BCUT2D eigenvalue weighted by Crippen LogP contribution is -2.44. The second kappa shape index (κ2) is 10.0. The maximum Gasteiger partial charge on any atom is 0.266 e. The minimum absolute atomic E-state index is 0.105. The topological polar surface area (TPSA) is 40.6 Å². The zero-order chi connectivity index (χ0) is 19.9. The van der Waals surface area contributed by atoms with E-state index in [9.17, 15) is 9.59 Å². The molecule has 4 nitrogen and oxygen atoms in total. The molecule has 0 spiro atoms. The Balaban J connectivity index is 1.57. The van der Waals surface area contributed by atoms with E-state index in [1.807, 2.05) is 47.4 Å². The Labute approximate surface area is 176 Å². The van der Waals surface area contributed by atoms with Gasteiger partial charge >= 0.3 is 0 Å². The second-order valence-corrected chi connectivity index (χ2v) is 8.70. The van der Waals surface area contributed by atoms with E-state index < -0.39 is 0 Å². The molecule has 0 radical (unpaired) electrons. The fourth-order valence-corrected chi connectivity index (χ4v) is 4.88. The van der Waals surface area contributed by atoms with Crippen molar-refractivity contribution in [3.63, 3.8) is 0 Å². The summed E-state index contributed by atoms with van der Waals surface area (Å²) in [7, 11) is 0. The molecule has 2 amide bonds. The van der Waals surface area contributed by atoms with Gasteiger partial charge in [-0.3, -0.25) is 14.5 Å². The van der Waals surface area contributed by atoms with Gasteiger partial charge in [0, 0.05) is 25.6 Å². The van der Waals surface area contributed by atoms with Crippen molar-refractivity contribution in [3.8, 4) is 0 Å². The molecule has 1 atom stereocenters. The van der Waals surface area contributed by atoms with E-state index in [2.05, 4.69) is 6.92 Å². The molecule has 1 aromatic rings. The number of carbonyl (C=O) groups is 2. The van der Waals surface area contributed by atoms with Crippen LogP contribution in [0.15, 0.2) is 47.4 Å². The van der Waals surface area contributed by atoms with E-state index >= 15 is 0 Å². The number of carbonyl (C=O) groups excluding carboxylic acids is 2. The van der Waals surface area contributed by atoms with Gasteiger partial charge in [-0.25, -0.2) is 0 Å². The molecular weight excluding hydrogens is 388 g/mol. The lowest BCUT2D eigenvalue weighted by atomic mass is 9.99. The average molecular weight is 415 g/mol. The van der Waals surface area contributed by atoms with Gasteiger partial charge in [0.25, 0.3) is 5.91 Å². The minimum atomic E-state index is -0.105. The standard InChI is InChI=1S/C22H26N2O2S2/c1-2-18-12-6-7-15-23(18)20(25)14-16-24-21(26)19(28-22(24)27)13-8-11-17-9-4-3-5-10-17/h3-5,8-11,13,18H,2,6-7,12,14-16H2,1H3. The van der Waals surface area contributed by atoms with E-state index in [0.29, 0.717) is 28.2 Å². The Hall–Kier alpha value is -1.92. The molecule has 2 aliphatic heterocycles. The van der Waals surface area contributed by atoms with Crippen molar-refractivity contribution in [2.24, 2.45) is 0 Å². The highest BCUT2D eigenvalue weighted by Gasteiger charge is 2.33. The number of thioether (sulfide) groups is 1. The van der Waals surface area contributed by atoms with Crippen LogP contribution in [0.25, 0.3) is 6.08 Å². The van der Waals surface area contributed by atoms with Gasteiger partial charge in [-0.15, -0.1) is 0 Å². The summed E-state index contributed by atoms with van der Waals surface area (Å²) in [4.78, 5) is 29.5. The number of piperidine rings is 1. The van der Waals surface area contributed by atoms with Crippen LogP contribution in [0.4, 0.5) is 0 Å². The molecule has 2 fully saturated rings. The molecule has 6 heteroatoms. The molecule has 2 saturated heterocycles. The number of thiocarbonyl (C=S) groups is 1. The van der Waals surface area contributed by atoms with Gasteiger partial charge in [0.05, 0.1) is 4.91 Å². The summed E-state index contributed by atoms with van der Waals surface area (Å²) in [6, 6.07) is 10.3. The number of allylic oxidation sites excluding steroid dienone is 2. The maximum atomic E-state index is 12.7. The molecule has 0 bridgehead atoms. The van der Waals surface area contributed by atoms with E-state index in [1.165, 1.54) is 18.2 Å². The zero-order valence-corrected chi connectivity index (χ0v) is 17.8. The van der Waals surface area contributed by atoms with Crippen molar-refractivity contribution in [3.05, 3.63) is 53.0 Å². The quantitative estimate of drug-likeness (QED) is 0.503. The van der Waals surface area contributed by atoms with Crippen LogP contribution in [-0.4, -0.2) is 45.1 Å². The normalized spacial score (nSPS) is 21.9. The first-order chi connectivity index (χ1) is 13.6. The molecule has 0 aliphatic carbocycles. The number of hydrogen-bond acceptors (Lipinski definition) is 4. The number of nitrogens with zero attached hydrogens (tertiary/aromatic N) is 2. The predicted octanol–water partition coefficient (Wildman–Crippen LogP) is 4.63. The van der Waals surface area contributed by atoms with Crippen LogP contribution in [0.1, 0.15) is 44.6 Å². The van der Waals surface area contributed by atoms with Crippen molar-refractivity contribution in [2.45, 2.75) is 45.1 Å². The van der Waals surface area contributed by atoms with Gasteiger partial charge in [0.1, 0.15) is 4.32 Å². The Bertz CT molecular complexity index is 789. The van der Waals surface area contributed by atoms with E-state index in [4.69, 9.17) is 12.2 Å². The van der Waals surface area contributed by atoms with Crippen LogP contribution in [0.2, 0.25) is 0 Å². The smallest absolute Gasteiger partial charge is 0.266 e. The highest BCUT2D eigenvalue weighted by Crippen LogP contribution is 2.31. The third kappa shape index (κ3) is 5.11. The number of rotatable bonds is 6. The van der Waals surface area contributed by atoms with Crippen molar-refractivity contribution in [1.82, 2.24) is 9.80 Å². The fourth-order valence-electron chi connectivity index (χ4n) is 3.62. The first kappa shape index (κ1) is 20.8. The molecule has 148 valence electrons. The summed E-state index contributed by atoms with van der Waals surface area (Å²) in [5, 5.41) is 0. The maximum absolute atomic E-state index is 12.7. The lowest BCUT2D eigenvalue weighted by molar-refractivity contribution is -0.135. The Kier molecular flexibility index (Phi) is 7.45. The highest BCUT2D eigenvalue weighted by molar-refractivity contribution is 8.26. The summed E-state index contributed by atoms with van der Waals surface area (Å²) >= 11 is 6.67. The van der Waals surface area contributed by atoms with Crippen molar-refractivity contribution in [2.75, 3.05) is 13.1 Å². The van der Waals surface area contributed by atoms with Crippen molar-refractivity contribution < 1.29 is 9.59 Å². The first-order valence-electron chi connectivity index (χ1n) is 9.86. The van der Waals surface area contributed by atoms with Crippen LogP contribution in [-0.2, 0) is 9.59 Å². The van der Waals surface area contributed by atoms with Crippen molar-refractivity contribution >= 4 is 46.2 Å². The third-order valence-electron chi connectivity index (χ3n) is 5.18. The summed E-state index contributed by atoms with van der Waals surface area (Å²) in [6.45, 7) is 3.32. The summed E-state index contributed by atoms with van der Waals surface area (Å²) in [5.74, 6) is 0.0275. The van der Waals surface area contributed by atoms with Crippen LogP contribution in [0.3, 0.4) is 0 Å². The minimum Gasteiger partial charge on any atom is -0.340 e. The molecule has 0 N–H and O–H groups in total. The van der Waals surface area contributed by atoms with Crippen LogP contribution in [0.5, 0.6) is 0 Å². The molecule has 3 rings (SSSR count). The van der Waals surface area contributed by atoms with Gasteiger partial charge in [-0.2, -0.15) is 0 Å². The van der Waals surface area contributed by atoms with Crippen LogP contribution < -0.4 is 0 Å². The largest absolute Gasteiger partial charge is 0.340 e. The second-order valence-electron chi connectivity index (χ2n) is 7.02. The molecule has 0 aromatic heterocycles. The summed E-state index contributed by atoms with van der Waals surface area (Å²) in [5.41, 5.74) is 1.08. The molecule has 1 unspecified atom stereocenters. The molecule has 28 heavy (non-hydrogen) atoms. The highest BCUT2D eigenvalue weighted by atomic mass is 32.2. The van der Waals surface area contributed by atoms with Gasteiger partial charge in [-0.05, 0) is 37.3 Å². The Morgan fingerprint density at radius 1 is 1.29 bits per heavy atom. The van der Waals surface area contributed by atoms with Crippen LogP contribution in [0, 0.1) is 0 Å². The number of benzene rings is 1. The SMILES string of the molecule is CCC1CCCCN1C(=O)CCN1C(=O)C(=CC=Cc2ccccc2)SC1=S.